The van der Waals surface area contributed by atoms with Crippen LogP contribution >= 0.6 is 0 Å². The number of rotatable bonds is 11. The zero-order valence-electron chi connectivity index (χ0n) is 14.4. The highest BCUT2D eigenvalue weighted by molar-refractivity contribution is 4.81. The van der Waals surface area contributed by atoms with Crippen molar-refractivity contribution >= 4 is 0 Å². The molecule has 0 aromatic carbocycles. The van der Waals surface area contributed by atoms with E-state index >= 15 is 0 Å². The maximum Gasteiger partial charge on any atom is 0.0128 e. The van der Waals surface area contributed by atoms with Crippen molar-refractivity contribution in [2.24, 2.45) is 5.41 Å². The molecule has 19 heavy (non-hydrogen) atoms. The lowest BCUT2D eigenvalue weighted by Gasteiger charge is -2.33. The summed E-state index contributed by atoms with van der Waals surface area (Å²) in [4.78, 5) is 2.67. The summed E-state index contributed by atoms with van der Waals surface area (Å²) in [6, 6.07) is 0.628. The van der Waals surface area contributed by atoms with E-state index in [1.165, 1.54) is 51.7 Å². The van der Waals surface area contributed by atoms with Crippen molar-refractivity contribution in [1.82, 2.24) is 10.2 Å². The highest BCUT2D eigenvalue weighted by Gasteiger charge is 2.23. The number of hydrogen-bond acceptors (Lipinski definition) is 2. The molecule has 0 heterocycles. The molecule has 0 amide bonds. The van der Waals surface area contributed by atoms with Gasteiger partial charge in [-0.25, -0.2) is 0 Å². The molecule has 0 fully saturated rings. The summed E-state index contributed by atoms with van der Waals surface area (Å²) in [5.41, 5.74) is 0.358. The van der Waals surface area contributed by atoms with Gasteiger partial charge in [-0.2, -0.15) is 0 Å². The molecule has 0 saturated heterocycles. The lowest BCUT2D eigenvalue weighted by Crippen LogP contribution is -2.43. The molecule has 0 rings (SSSR count). The van der Waals surface area contributed by atoms with Crippen molar-refractivity contribution in [1.29, 1.82) is 0 Å². The Morgan fingerprint density at radius 3 is 1.79 bits per heavy atom. The second kappa shape index (κ2) is 10.7. The quantitative estimate of drug-likeness (QED) is 0.602. The lowest BCUT2D eigenvalue weighted by atomic mass is 9.84. The molecule has 0 spiro atoms. The second-order valence-corrected chi connectivity index (χ2v) is 6.81. The summed E-state index contributed by atoms with van der Waals surface area (Å²) in [5.74, 6) is 0. The molecule has 0 aliphatic rings. The third-order valence-electron chi connectivity index (χ3n) is 3.89. The van der Waals surface area contributed by atoms with Crippen LogP contribution in [0.4, 0.5) is 0 Å². The van der Waals surface area contributed by atoms with Crippen molar-refractivity contribution in [2.45, 2.75) is 79.7 Å². The summed E-state index contributed by atoms with van der Waals surface area (Å²) in [6.07, 6.45) is 6.55. The van der Waals surface area contributed by atoms with Gasteiger partial charge in [0.25, 0.3) is 0 Å². The van der Waals surface area contributed by atoms with Crippen molar-refractivity contribution < 1.29 is 0 Å². The van der Waals surface area contributed by atoms with E-state index in [1.807, 2.05) is 0 Å². The van der Waals surface area contributed by atoms with Gasteiger partial charge in [0.05, 0.1) is 0 Å². The van der Waals surface area contributed by atoms with Crippen LogP contribution in [0.5, 0.6) is 0 Å². The van der Waals surface area contributed by atoms with E-state index in [1.54, 1.807) is 0 Å². The molecule has 0 aliphatic carbocycles. The maximum absolute atomic E-state index is 3.66. The summed E-state index contributed by atoms with van der Waals surface area (Å²) in [7, 11) is 0. The van der Waals surface area contributed by atoms with E-state index in [0.29, 0.717) is 11.5 Å². The predicted molar refractivity (Wildman–Crippen MR) is 87.8 cm³/mol. The Kier molecular flexibility index (Phi) is 10.6. The molecule has 1 atom stereocenters. The fraction of sp³-hybridized carbons (Fsp3) is 1.00. The smallest absolute Gasteiger partial charge is 0.0128 e. The van der Waals surface area contributed by atoms with Crippen LogP contribution in [0.1, 0.15) is 73.6 Å². The van der Waals surface area contributed by atoms with Crippen LogP contribution in [-0.2, 0) is 0 Å². The minimum absolute atomic E-state index is 0.358. The van der Waals surface area contributed by atoms with Gasteiger partial charge < -0.3 is 10.2 Å². The first kappa shape index (κ1) is 18.9. The summed E-state index contributed by atoms with van der Waals surface area (Å²) >= 11 is 0. The molecule has 0 radical (unpaired) electrons. The largest absolute Gasteiger partial charge is 0.314 e. The van der Waals surface area contributed by atoms with E-state index < -0.39 is 0 Å². The molecule has 1 unspecified atom stereocenters. The molecule has 0 aromatic rings. The normalized spacial score (nSPS) is 14.1. The highest BCUT2D eigenvalue weighted by Crippen LogP contribution is 2.22. The molecule has 2 heteroatoms. The molecule has 0 saturated carbocycles. The Hall–Kier alpha value is -0.0800. The fourth-order valence-electron chi connectivity index (χ4n) is 2.50. The molecule has 2 nitrogen and oxygen atoms in total. The van der Waals surface area contributed by atoms with Gasteiger partial charge in [-0.1, -0.05) is 54.4 Å². The van der Waals surface area contributed by atoms with Crippen molar-refractivity contribution in [3.63, 3.8) is 0 Å². The molecule has 0 aromatic heterocycles. The van der Waals surface area contributed by atoms with Crippen LogP contribution in [0.3, 0.4) is 0 Å². The predicted octanol–water partition coefficient (Wildman–Crippen LogP) is 4.30. The van der Waals surface area contributed by atoms with E-state index in [9.17, 15) is 0 Å². The van der Waals surface area contributed by atoms with Gasteiger partial charge in [0.1, 0.15) is 0 Å². The van der Waals surface area contributed by atoms with Gasteiger partial charge in [0.2, 0.25) is 0 Å². The SMILES string of the molecule is CCCCN(CCCC)CCC(NCC)C(C)(C)C. The molecular weight excluding hydrogens is 232 g/mol. The first-order chi connectivity index (χ1) is 8.95. The van der Waals surface area contributed by atoms with E-state index in [-0.39, 0.29) is 0 Å². The molecular formula is C17H38N2. The zero-order chi connectivity index (χ0) is 14.7. The summed E-state index contributed by atoms with van der Waals surface area (Å²) in [5, 5.41) is 3.66. The minimum atomic E-state index is 0.358. The number of nitrogens with one attached hydrogen (secondary N) is 1. The van der Waals surface area contributed by atoms with Gasteiger partial charge >= 0.3 is 0 Å². The van der Waals surface area contributed by atoms with Crippen LogP contribution < -0.4 is 5.32 Å². The maximum atomic E-state index is 3.66. The summed E-state index contributed by atoms with van der Waals surface area (Å²) < 4.78 is 0. The first-order valence-electron chi connectivity index (χ1n) is 8.41. The minimum Gasteiger partial charge on any atom is -0.314 e. The Morgan fingerprint density at radius 1 is 0.895 bits per heavy atom. The van der Waals surface area contributed by atoms with Gasteiger partial charge in [0, 0.05) is 6.04 Å². The molecule has 1 N–H and O–H groups in total. The highest BCUT2D eigenvalue weighted by atomic mass is 15.1. The van der Waals surface area contributed by atoms with Crippen LogP contribution in [0, 0.1) is 5.41 Å². The third-order valence-corrected chi connectivity index (χ3v) is 3.89. The van der Waals surface area contributed by atoms with Crippen LogP contribution in [-0.4, -0.2) is 37.1 Å². The van der Waals surface area contributed by atoms with Crippen LogP contribution in [0.25, 0.3) is 0 Å². The standard InChI is InChI=1S/C17H38N2/c1-7-10-13-19(14-11-8-2)15-12-16(18-9-3)17(4,5)6/h16,18H,7-15H2,1-6H3. The Labute approximate surface area is 122 Å². The second-order valence-electron chi connectivity index (χ2n) is 6.81. The van der Waals surface area contributed by atoms with E-state index in [2.05, 4.69) is 51.8 Å². The number of unbranched alkanes of at least 4 members (excludes halogenated alkanes) is 2. The van der Waals surface area contributed by atoms with Crippen molar-refractivity contribution in [3.8, 4) is 0 Å². The average Bonchev–Trinajstić information content (AvgIpc) is 2.35. The number of hydrogen-bond donors (Lipinski definition) is 1. The fourth-order valence-corrected chi connectivity index (χ4v) is 2.50. The topological polar surface area (TPSA) is 15.3 Å². The molecule has 0 bridgehead atoms. The van der Waals surface area contributed by atoms with Crippen LogP contribution in [0.2, 0.25) is 0 Å². The molecule has 116 valence electrons. The van der Waals surface area contributed by atoms with E-state index in [0.717, 1.165) is 6.54 Å². The first-order valence-corrected chi connectivity index (χ1v) is 8.41. The zero-order valence-corrected chi connectivity index (χ0v) is 14.4. The van der Waals surface area contributed by atoms with Gasteiger partial charge in [-0.05, 0) is 50.9 Å². The molecule has 0 aliphatic heterocycles. The van der Waals surface area contributed by atoms with Gasteiger partial charge in [-0.3, -0.25) is 0 Å². The number of nitrogens with zero attached hydrogens (tertiary/aromatic N) is 1. The van der Waals surface area contributed by atoms with E-state index in [4.69, 9.17) is 0 Å². The van der Waals surface area contributed by atoms with Crippen molar-refractivity contribution in [3.05, 3.63) is 0 Å². The van der Waals surface area contributed by atoms with Gasteiger partial charge in [-0.15, -0.1) is 0 Å². The van der Waals surface area contributed by atoms with Crippen molar-refractivity contribution in [2.75, 3.05) is 26.2 Å². The average molecular weight is 271 g/mol. The lowest BCUT2D eigenvalue weighted by molar-refractivity contribution is 0.202. The third kappa shape index (κ3) is 9.45. The monoisotopic (exact) mass is 270 g/mol. The van der Waals surface area contributed by atoms with Gasteiger partial charge in [0.15, 0.2) is 0 Å². The Morgan fingerprint density at radius 2 is 1.42 bits per heavy atom. The Balaban J connectivity index is 4.23. The summed E-state index contributed by atoms with van der Waals surface area (Å²) in [6.45, 7) is 18.7. The Bertz CT molecular complexity index is 188. The van der Waals surface area contributed by atoms with Crippen LogP contribution in [0.15, 0.2) is 0 Å².